The minimum atomic E-state index is -3.61. The predicted octanol–water partition coefficient (Wildman–Crippen LogP) is 5.83. The van der Waals surface area contributed by atoms with Crippen molar-refractivity contribution in [1.82, 2.24) is 15.0 Å². The van der Waals surface area contributed by atoms with Crippen LogP contribution < -0.4 is 14.8 Å². The highest BCUT2D eigenvalue weighted by Gasteiger charge is 2.27. The summed E-state index contributed by atoms with van der Waals surface area (Å²) in [6, 6.07) is 12.1. The summed E-state index contributed by atoms with van der Waals surface area (Å²) in [6.07, 6.45) is 2.65. The normalized spacial score (nSPS) is 18.1. The lowest BCUT2D eigenvalue weighted by molar-refractivity contribution is 0.0920. The molecule has 0 spiro atoms. The summed E-state index contributed by atoms with van der Waals surface area (Å²) in [5, 5.41) is 6.02. The van der Waals surface area contributed by atoms with Gasteiger partial charge in [0.15, 0.2) is 0 Å². The number of carbonyl (C=O) groups is 1. The molecule has 2 N–H and O–H groups in total. The fraction of sp³-hybridized carbons (Fsp3) is 0.407. The Hall–Kier alpha value is -2.46. The summed E-state index contributed by atoms with van der Waals surface area (Å²) in [6.45, 7) is 6.60. The van der Waals surface area contributed by atoms with Crippen LogP contribution in [0.4, 0.5) is 0 Å². The van der Waals surface area contributed by atoms with E-state index in [9.17, 15) is 13.2 Å². The second kappa shape index (κ2) is 11.9. The van der Waals surface area contributed by atoms with Gasteiger partial charge in [-0.05, 0) is 80.0 Å². The minimum absolute atomic E-state index is 0.0221. The van der Waals surface area contributed by atoms with Crippen LogP contribution in [-0.2, 0) is 16.6 Å². The van der Waals surface area contributed by atoms with E-state index < -0.39 is 10.0 Å². The molecule has 0 atom stereocenters. The number of aromatic nitrogens is 1. The second-order valence-corrected chi connectivity index (χ2v) is 12.8. The molecule has 1 aliphatic rings. The van der Waals surface area contributed by atoms with Crippen molar-refractivity contribution >= 4 is 38.9 Å². The van der Waals surface area contributed by atoms with E-state index in [1.807, 2.05) is 13.0 Å². The van der Waals surface area contributed by atoms with Crippen molar-refractivity contribution in [3.05, 3.63) is 74.7 Å². The predicted molar refractivity (Wildman–Crippen MR) is 147 cm³/mol. The monoisotopic (exact) mass is 561 g/mol. The van der Waals surface area contributed by atoms with Crippen LogP contribution >= 0.6 is 22.9 Å². The van der Waals surface area contributed by atoms with Gasteiger partial charge in [0.05, 0.1) is 4.90 Å². The number of benzene rings is 2. The number of nitrogens with zero attached hydrogens (tertiary/aromatic N) is 1. The molecular formula is C27H32ClN3O4S2. The zero-order valence-electron chi connectivity index (χ0n) is 21.2. The Bertz CT molecular complexity index is 1330. The lowest BCUT2D eigenvalue weighted by atomic mass is 9.92. The van der Waals surface area contributed by atoms with Crippen molar-refractivity contribution in [2.75, 3.05) is 0 Å². The minimum Gasteiger partial charge on any atom is -0.486 e. The molecule has 2 aromatic carbocycles. The maximum atomic E-state index is 12.8. The molecule has 0 aliphatic heterocycles. The fourth-order valence-corrected chi connectivity index (χ4v) is 6.50. The van der Waals surface area contributed by atoms with Crippen molar-refractivity contribution < 1.29 is 17.9 Å². The van der Waals surface area contributed by atoms with Crippen molar-refractivity contribution in [1.29, 1.82) is 0 Å². The van der Waals surface area contributed by atoms with Crippen LogP contribution in [0.2, 0.25) is 5.02 Å². The molecule has 7 nitrogen and oxygen atoms in total. The molecule has 1 heterocycles. The number of hydrogen-bond donors (Lipinski definition) is 2. The zero-order chi connectivity index (χ0) is 26.6. The SMILES string of the molecule is Cc1ccc(C(C)C)c(OCc2nc(C(=O)NC3CCC(NS(=O)(=O)c4ccc(Cl)cc4)CC3)cs2)c1. The van der Waals surface area contributed by atoms with Crippen LogP contribution in [-0.4, -0.2) is 31.4 Å². The lowest BCUT2D eigenvalue weighted by Crippen LogP contribution is -2.43. The number of hydrogen-bond acceptors (Lipinski definition) is 6. The first kappa shape index (κ1) is 27.6. The smallest absolute Gasteiger partial charge is 0.270 e. The number of nitrogens with one attached hydrogen (secondary N) is 2. The summed E-state index contributed by atoms with van der Waals surface area (Å²) in [5.41, 5.74) is 2.65. The van der Waals surface area contributed by atoms with Gasteiger partial charge in [-0.25, -0.2) is 18.1 Å². The van der Waals surface area contributed by atoms with Gasteiger partial charge >= 0.3 is 0 Å². The Balaban J connectivity index is 1.26. The van der Waals surface area contributed by atoms with Crippen LogP contribution in [0.15, 0.2) is 52.7 Å². The number of amides is 1. The van der Waals surface area contributed by atoms with E-state index in [0.717, 1.165) is 21.9 Å². The Morgan fingerprint density at radius 1 is 1.11 bits per heavy atom. The topological polar surface area (TPSA) is 97.4 Å². The van der Waals surface area contributed by atoms with E-state index in [0.29, 0.717) is 48.9 Å². The molecule has 0 radical (unpaired) electrons. The average molecular weight is 562 g/mol. The van der Waals surface area contributed by atoms with E-state index in [2.05, 4.69) is 41.0 Å². The van der Waals surface area contributed by atoms with Crippen LogP contribution in [0.1, 0.15) is 72.1 Å². The van der Waals surface area contributed by atoms with Crippen LogP contribution in [0, 0.1) is 6.92 Å². The summed E-state index contributed by atoms with van der Waals surface area (Å²) in [7, 11) is -3.61. The standard InChI is InChI=1S/C27H32ClN3O4S2/c1-17(2)23-13-4-18(3)14-25(23)35-15-26-30-24(16-36-26)27(32)29-20-7-9-21(10-8-20)31-37(33,34)22-11-5-19(28)6-12-22/h4-6,11-14,16-17,20-21,31H,7-10,15H2,1-3H3,(H,29,32). The third kappa shape index (κ3) is 7.31. The number of carbonyl (C=O) groups excluding carboxylic acids is 1. The summed E-state index contributed by atoms with van der Waals surface area (Å²) in [4.78, 5) is 17.4. The molecule has 1 fully saturated rings. The number of thiazole rings is 1. The Morgan fingerprint density at radius 2 is 1.78 bits per heavy atom. The molecule has 1 saturated carbocycles. The molecule has 198 valence electrons. The number of halogens is 1. The molecular weight excluding hydrogens is 530 g/mol. The van der Waals surface area contributed by atoms with E-state index >= 15 is 0 Å². The Kier molecular flexibility index (Phi) is 8.90. The molecule has 4 rings (SSSR count). The number of ether oxygens (including phenoxy) is 1. The van der Waals surface area contributed by atoms with E-state index in [1.165, 1.54) is 23.5 Å². The third-order valence-corrected chi connectivity index (χ3v) is 9.05. The second-order valence-electron chi connectivity index (χ2n) is 9.71. The van der Waals surface area contributed by atoms with Crippen molar-refractivity contribution in [3.63, 3.8) is 0 Å². The van der Waals surface area contributed by atoms with E-state index in [-0.39, 0.29) is 22.9 Å². The van der Waals surface area contributed by atoms with Gasteiger partial charge < -0.3 is 10.1 Å². The number of sulfonamides is 1. The van der Waals surface area contributed by atoms with Gasteiger partial charge in [0, 0.05) is 22.5 Å². The summed E-state index contributed by atoms with van der Waals surface area (Å²) < 4.78 is 34.1. The Morgan fingerprint density at radius 3 is 2.46 bits per heavy atom. The first-order valence-corrected chi connectivity index (χ1v) is 15.1. The van der Waals surface area contributed by atoms with Gasteiger partial charge in [-0.1, -0.05) is 37.6 Å². The van der Waals surface area contributed by atoms with Gasteiger partial charge in [-0.15, -0.1) is 11.3 Å². The van der Waals surface area contributed by atoms with Gasteiger partial charge in [0.2, 0.25) is 10.0 Å². The largest absolute Gasteiger partial charge is 0.486 e. The number of rotatable bonds is 9. The molecule has 37 heavy (non-hydrogen) atoms. The van der Waals surface area contributed by atoms with E-state index in [1.54, 1.807) is 17.5 Å². The maximum absolute atomic E-state index is 12.8. The molecule has 1 amide bonds. The lowest BCUT2D eigenvalue weighted by Gasteiger charge is -2.29. The van der Waals surface area contributed by atoms with Crippen LogP contribution in [0.25, 0.3) is 0 Å². The van der Waals surface area contributed by atoms with Crippen LogP contribution in [0.3, 0.4) is 0 Å². The highest BCUT2D eigenvalue weighted by molar-refractivity contribution is 7.89. The molecule has 0 bridgehead atoms. The van der Waals surface area contributed by atoms with Gasteiger partial charge in [0.25, 0.3) is 5.91 Å². The average Bonchev–Trinajstić information content (AvgIpc) is 3.33. The van der Waals surface area contributed by atoms with Crippen LogP contribution in [0.5, 0.6) is 5.75 Å². The first-order valence-electron chi connectivity index (χ1n) is 12.4. The summed E-state index contributed by atoms with van der Waals surface area (Å²) in [5.74, 6) is 0.974. The van der Waals surface area contributed by atoms with Gasteiger partial charge in [0.1, 0.15) is 23.1 Å². The molecule has 0 unspecified atom stereocenters. The highest BCUT2D eigenvalue weighted by atomic mass is 35.5. The third-order valence-electron chi connectivity index (χ3n) is 6.43. The fourth-order valence-electron chi connectivity index (χ4n) is 4.38. The zero-order valence-corrected chi connectivity index (χ0v) is 23.5. The molecule has 3 aromatic rings. The van der Waals surface area contributed by atoms with Crippen molar-refractivity contribution in [2.45, 2.75) is 76.0 Å². The van der Waals surface area contributed by atoms with Gasteiger partial charge in [-0.3, -0.25) is 4.79 Å². The quantitative estimate of drug-likeness (QED) is 0.343. The number of aryl methyl sites for hydroxylation is 1. The molecule has 1 aromatic heterocycles. The molecule has 0 saturated heterocycles. The van der Waals surface area contributed by atoms with E-state index in [4.69, 9.17) is 16.3 Å². The van der Waals surface area contributed by atoms with Crippen molar-refractivity contribution in [3.8, 4) is 5.75 Å². The maximum Gasteiger partial charge on any atom is 0.270 e. The van der Waals surface area contributed by atoms with Gasteiger partial charge in [-0.2, -0.15) is 0 Å². The summed E-state index contributed by atoms with van der Waals surface area (Å²) >= 11 is 7.26. The first-order chi connectivity index (χ1) is 17.6. The van der Waals surface area contributed by atoms with Crippen molar-refractivity contribution in [2.24, 2.45) is 0 Å². The highest BCUT2D eigenvalue weighted by Crippen LogP contribution is 2.28. The molecule has 1 aliphatic carbocycles. The molecule has 10 heteroatoms. The Labute approximate surface area is 227 Å².